The predicted octanol–water partition coefficient (Wildman–Crippen LogP) is 1.89. The molecule has 15 heavy (non-hydrogen) atoms. The SMILES string of the molecule is Oc1ccc(Cl)cc1C1NC(=S)NC1=S. The van der Waals surface area contributed by atoms with E-state index < -0.39 is 0 Å². The van der Waals surface area contributed by atoms with Gasteiger partial charge in [0.2, 0.25) is 0 Å². The Kier molecular flexibility index (Phi) is 2.77. The van der Waals surface area contributed by atoms with Gasteiger partial charge in [-0.15, -0.1) is 0 Å². The number of hydrogen-bond donors (Lipinski definition) is 3. The molecular formula is C9H7ClN2OS2. The van der Waals surface area contributed by atoms with Crippen LogP contribution in [0.1, 0.15) is 11.6 Å². The lowest BCUT2D eigenvalue weighted by atomic mass is 10.1. The van der Waals surface area contributed by atoms with Gasteiger partial charge in [-0.1, -0.05) is 23.8 Å². The van der Waals surface area contributed by atoms with Gasteiger partial charge < -0.3 is 15.7 Å². The van der Waals surface area contributed by atoms with Crippen LogP contribution in [-0.2, 0) is 0 Å². The Morgan fingerprint density at radius 1 is 1.33 bits per heavy atom. The number of phenols is 1. The number of hydrogen-bond acceptors (Lipinski definition) is 3. The first kappa shape index (κ1) is 10.6. The number of benzene rings is 1. The van der Waals surface area contributed by atoms with Gasteiger partial charge in [0.1, 0.15) is 16.8 Å². The van der Waals surface area contributed by atoms with Crippen LogP contribution in [0, 0.1) is 0 Å². The van der Waals surface area contributed by atoms with E-state index in [-0.39, 0.29) is 11.8 Å². The van der Waals surface area contributed by atoms with Crippen LogP contribution in [0.4, 0.5) is 0 Å². The highest BCUT2D eigenvalue weighted by Gasteiger charge is 2.27. The summed E-state index contributed by atoms with van der Waals surface area (Å²) in [5, 5.41) is 16.4. The minimum absolute atomic E-state index is 0.144. The van der Waals surface area contributed by atoms with Crippen LogP contribution in [0.3, 0.4) is 0 Å². The summed E-state index contributed by atoms with van der Waals surface area (Å²) in [7, 11) is 0. The van der Waals surface area contributed by atoms with Gasteiger partial charge in [0.05, 0.1) is 0 Å². The highest BCUT2D eigenvalue weighted by Crippen LogP contribution is 2.29. The maximum Gasteiger partial charge on any atom is 0.172 e. The zero-order chi connectivity index (χ0) is 11.0. The molecule has 0 radical (unpaired) electrons. The molecule has 0 saturated carbocycles. The first-order valence-corrected chi connectivity index (χ1v) is 5.37. The van der Waals surface area contributed by atoms with Crippen molar-refractivity contribution in [3.8, 4) is 5.75 Å². The number of nitrogens with one attached hydrogen (secondary N) is 2. The van der Waals surface area contributed by atoms with E-state index in [2.05, 4.69) is 10.6 Å². The van der Waals surface area contributed by atoms with Crippen LogP contribution in [-0.4, -0.2) is 15.2 Å². The van der Waals surface area contributed by atoms with E-state index in [0.29, 0.717) is 20.7 Å². The zero-order valence-electron chi connectivity index (χ0n) is 7.45. The second-order valence-corrected chi connectivity index (χ2v) is 4.38. The van der Waals surface area contributed by atoms with Crippen LogP contribution in [0.25, 0.3) is 0 Å². The standard InChI is InChI=1S/C9H7ClN2OS2/c10-4-1-2-6(13)5(3-4)7-8(14)12-9(15)11-7/h1-3,7,13H,(H2,11,12,14,15). The third-order valence-electron chi connectivity index (χ3n) is 2.07. The first-order chi connectivity index (χ1) is 7.08. The Labute approximate surface area is 102 Å². The summed E-state index contributed by atoms with van der Waals surface area (Å²) in [6, 6.07) is 4.51. The fourth-order valence-corrected chi connectivity index (χ4v) is 2.15. The summed E-state index contributed by atoms with van der Waals surface area (Å²) >= 11 is 15.9. The summed E-state index contributed by atoms with van der Waals surface area (Å²) in [6.45, 7) is 0. The van der Waals surface area contributed by atoms with Crippen molar-refractivity contribution in [2.75, 3.05) is 0 Å². The molecule has 0 aromatic heterocycles. The summed E-state index contributed by atoms with van der Waals surface area (Å²) in [5.41, 5.74) is 0.625. The number of rotatable bonds is 1. The van der Waals surface area contributed by atoms with Crippen LogP contribution in [0.2, 0.25) is 5.02 Å². The monoisotopic (exact) mass is 258 g/mol. The van der Waals surface area contributed by atoms with E-state index in [0.717, 1.165) is 0 Å². The van der Waals surface area contributed by atoms with Gasteiger partial charge in [-0.05, 0) is 30.4 Å². The molecule has 0 aliphatic carbocycles. The van der Waals surface area contributed by atoms with E-state index in [1.807, 2.05) is 0 Å². The van der Waals surface area contributed by atoms with Crippen molar-refractivity contribution in [3.63, 3.8) is 0 Å². The molecule has 3 nitrogen and oxygen atoms in total. The Hall–Kier alpha value is -0.910. The summed E-state index contributed by atoms with van der Waals surface area (Å²) in [5.74, 6) is 0.144. The molecule has 1 heterocycles. The Bertz CT molecular complexity index is 450. The van der Waals surface area contributed by atoms with E-state index in [4.69, 9.17) is 36.0 Å². The topological polar surface area (TPSA) is 44.3 Å². The van der Waals surface area contributed by atoms with Crippen molar-refractivity contribution in [2.45, 2.75) is 6.04 Å². The second-order valence-electron chi connectivity index (χ2n) is 3.10. The van der Waals surface area contributed by atoms with Crippen LogP contribution >= 0.6 is 36.0 Å². The molecule has 2 rings (SSSR count). The molecule has 1 aliphatic rings. The van der Waals surface area contributed by atoms with Crippen molar-refractivity contribution in [2.24, 2.45) is 0 Å². The molecule has 1 atom stereocenters. The van der Waals surface area contributed by atoms with Crippen molar-refractivity contribution in [1.29, 1.82) is 0 Å². The number of halogens is 1. The van der Waals surface area contributed by atoms with Crippen LogP contribution in [0.15, 0.2) is 18.2 Å². The summed E-state index contributed by atoms with van der Waals surface area (Å²) < 4.78 is 0. The molecule has 1 aromatic rings. The highest BCUT2D eigenvalue weighted by atomic mass is 35.5. The van der Waals surface area contributed by atoms with E-state index >= 15 is 0 Å². The minimum Gasteiger partial charge on any atom is -0.508 e. The minimum atomic E-state index is -0.300. The third kappa shape index (κ3) is 2.04. The van der Waals surface area contributed by atoms with Gasteiger partial charge >= 0.3 is 0 Å². The number of phenolic OH excluding ortho intramolecular Hbond substituents is 1. The van der Waals surface area contributed by atoms with Gasteiger partial charge in [0.15, 0.2) is 5.11 Å². The maximum atomic E-state index is 9.67. The first-order valence-electron chi connectivity index (χ1n) is 4.17. The fourth-order valence-electron chi connectivity index (χ4n) is 1.39. The molecule has 1 aliphatic heterocycles. The van der Waals surface area contributed by atoms with Gasteiger partial charge in [-0.25, -0.2) is 0 Å². The average Bonchev–Trinajstić information content (AvgIpc) is 2.50. The third-order valence-corrected chi connectivity index (χ3v) is 2.87. The lowest BCUT2D eigenvalue weighted by Gasteiger charge is -2.11. The molecule has 1 fully saturated rings. The average molecular weight is 259 g/mol. The van der Waals surface area contributed by atoms with Gasteiger partial charge in [-0.2, -0.15) is 0 Å². The summed E-state index contributed by atoms with van der Waals surface area (Å²) in [6.07, 6.45) is 0. The van der Waals surface area contributed by atoms with Crippen molar-refractivity contribution in [3.05, 3.63) is 28.8 Å². The fraction of sp³-hybridized carbons (Fsp3) is 0.111. The normalized spacial score (nSPS) is 19.9. The highest BCUT2D eigenvalue weighted by molar-refractivity contribution is 7.82. The summed E-state index contributed by atoms with van der Waals surface area (Å²) in [4.78, 5) is 0.539. The molecule has 1 saturated heterocycles. The van der Waals surface area contributed by atoms with Gasteiger partial charge in [-0.3, -0.25) is 0 Å². The number of thiocarbonyl (C=S) groups is 2. The Balaban J connectivity index is 2.41. The molecule has 6 heteroatoms. The molecule has 0 bridgehead atoms. The molecule has 78 valence electrons. The van der Waals surface area contributed by atoms with Crippen LogP contribution < -0.4 is 10.6 Å². The molecule has 1 aromatic carbocycles. The number of aromatic hydroxyl groups is 1. The molecular weight excluding hydrogens is 252 g/mol. The van der Waals surface area contributed by atoms with Gasteiger partial charge in [0, 0.05) is 10.6 Å². The lowest BCUT2D eigenvalue weighted by molar-refractivity contribution is 0.466. The largest absolute Gasteiger partial charge is 0.508 e. The molecule has 1 unspecified atom stereocenters. The maximum absolute atomic E-state index is 9.67. The lowest BCUT2D eigenvalue weighted by Crippen LogP contribution is -2.21. The van der Waals surface area contributed by atoms with Gasteiger partial charge in [0.25, 0.3) is 0 Å². The van der Waals surface area contributed by atoms with Crippen molar-refractivity contribution >= 4 is 46.1 Å². The Morgan fingerprint density at radius 3 is 2.67 bits per heavy atom. The smallest absolute Gasteiger partial charge is 0.172 e. The quantitative estimate of drug-likeness (QED) is 0.672. The predicted molar refractivity (Wildman–Crippen MR) is 67.3 cm³/mol. The molecule has 3 N–H and O–H groups in total. The van der Waals surface area contributed by atoms with E-state index in [1.165, 1.54) is 6.07 Å². The van der Waals surface area contributed by atoms with Crippen LogP contribution in [0.5, 0.6) is 5.75 Å². The van der Waals surface area contributed by atoms with Crippen molar-refractivity contribution in [1.82, 2.24) is 10.6 Å². The van der Waals surface area contributed by atoms with E-state index in [1.54, 1.807) is 12.1 Å². The second kappa shape index (κ2) is 3.92. The Morgan fingerprint density at radius 2 is 2.07 bits per heavy atom. The zero-order valence-corrected chi connectivity index (χ0v) is 9.84. The molecule has 0 spiro atoms. The van der Waals surface area contributed by atoms with Crippen molar-refractivity contribution < 1.29 is 5.11 Å². The molecule has 0 amide bonds. The van der Waals surface area contributed by atoms with E-state index in [9.17, 15) is 5.11 Å².